The number of carboxylic acid groups (broad SMARTS) is 1. The van der Waals surface area contributed by atoms with Crippen molar-refractivity contribution in [2.75, 3.05) is 31.1 Å². The summed E-state index contributed by atoms with van der Waals surface area (Å²) in [5, 5.41) is 28.0. The van der Waals surface area contributed by atoms with Crippen LogP contribution < -0.4 is 4.90 Å². The predicted molar refractivity (Wildman–Crippen MR) is 82.1 cm³/mol. The zero-order valence-electron chi connectivity index (χ0n) is 12.1. The molecule has 1 fully saturated rings. The summed E-state index contributed by atoms with van der Waals surface area (Å²) in [6.07, 6.45) is -0.415. The molecule has 0 saturated carbocycles. The van der Waals surface area contributed by atoms with Gasteiger partial charge in [-0.2, -0.15) is 10.5 Å². The molecule has 1 saturated heterocycles. The van der Waals surface area contributed by atoms with Gasteiger partial charge in [-0.15, -0.1) is 12.6 Å². The Kier molecular flexibility index (Phi) is 4.74. The van der Waals surface area contributed by atoms with E-state index in [0.717, 1.165) is 0 Å². The van der Waals surface area contributed by atoms with E-state index in [1.807, 2.05) is 17.9 Å². The summed E-state index contributed by atoms with van der Waals surface area (Å²) in [6.45, 7) is 3.49. The first-order chi connectivity index (χ1) is 10.5. The normalized spacial score (nSPS) is 14.4. The van der Waals surface area contributed by atoms with Crippen LogP contribution in [0.1, 0.15) is 23.6 Å². The maximum absolute atomic E-state index is 10.9. The van der Waals surface area contributed by atoms with E-state index in [0.29, 0.717) is 60.1 Å². The third kappa shape index (κ3) is 2.78. The Bertz CT molecular complexity index is 684. The van der Waals surface area contributed by atoms with Crippen LogP contribution in [-0.4, -0.2) is 47.3 Å². The first kappa shape index (κ1) is 15.9. The van der Waals surface area contributed by atoms with Gasteiger partial charge in [0.05, 0.1) is 11.1 Å². The number of rotatable bonds is 2. The molecule has 0 bridgehead atoms. The zero-order valence-corrected chi connectivity index (χ0v) is 13.0. The Morgan fingerprint density at radius 1 is 1.27 bits per heavy atom. The molecule has 114 valence electrons. The van der Waals surface area contributed by atoms with Gasteiger partial charge in [0.25, 0.3) is 0 Å². The zero-order chi connectivity index (χ0) is 16.3. The number of nitrogens with zero attached hydrogens (tertiary/aromatic N) is 5. The number of hydrogen-bond acceptors (Lipinski definition) is 6. The standard InChI is InChI=1S/C14H15N5O2S/c1-2-9-10(7-15)12(17-13(22)11(9)8-16)18-3-5-19(6-4-18)14(20)21/h2-6H2,1H3,(H,17,22)(H,20,21). The summed E-state index contributed by atoms with van der Waals surface area (Å²) in [5.74, 6) is 0.480. The summed E-state index contributed by atoms with van der Waals surface area (Å²) in [6, 6.07) is 4.18. The third-order valence-electron chi connectivity index (χ3n) is 3.69. The lowest BCUT2D eigenvalue weighted by molar-refractivity contribution is 0.142. The molecule has 1 aliphatic rings. The van der Waals surface area contributed by atoms with E-state index in [9.17, 15) is 15.3 Å². The molecule has 2 heterocycles. The van der Waals surface area contributed by atoms with Gasteiger partial charge < -0.3 is 14.9 Å². The number of pyridine rings is 1. The van der Waals surface area contributed by atoms with Crippen LogP contribution in [0.3, 0.4) is 0 Å². The van der Waals surface area contributed by atoms with Crippen molar-refractivity contribution >= 4 is 24.5 Å². The number of hydrogen-bond donors (Lipinski definition) is 2. The topological polar surface area (TPSA) is 104 Å². The maximum Gasteiger partial charge on any atom is 0.407 e. The van der Waals surface area contributed by atoms with Gasteiger partial charge in [-0.25, -0.2) is 9.78 Å². The highest BCUT2D eigenvalue weighted by Gasteiger charge is 2.26. The van der Waals surface area contributed by atoms with Crippen molar-refractivity contribution in [3.8, 4) is 12.1 Å². The summed E-state index contributed by atoms with van der Waals surface area (Å²) >= 11 is 4.25. The Labute approximate surface area is 133 Å². The highest BCUT2D eigenvalue weighted by Crippen LogP contribution is 2.29. The van der Waals surface area contributed by atoms with Gasteiger partial charge in [-0.1, -0.05) is 6.92 Å². The Hall–Kier alpha value is -2.45. The number of amides is 1. The molecule has 0 radical (unpaired) electrons. The van der Waals surface area contributed by atoms with Crippen LogP contribution in [0.5, 0.6) is 0 Å². The fourth-order valence-corrected chi connectivity index (χ4v) is 2.81. The van der Waals surface area contributed by atoms with Crippen LogP contribution in [0.4, 0.5) is 10.6 Å². The lowest BCUT2D eigenvalue weighted by Crippen LogP contribution is -2.48. The minimum atomic E-state index is -0.947. The number of anilines is 1. The lowest BCUT2D eigenvalue weighted by atomic mass is 10.0. The maximum atomic E-state index is 10.9. The second kappa shape index (κ2) is 6.54. The van der Waals surface area contributed by atoms with E-state index < -0.39 is 6.09 Å². The molecule has 1 aromatic rings. The van der Waals surface area contributed by atoms with E-state index in [2.05, 4.69) is 23.7 Å². The van der Waals surface area contributed by atoms with E-state index in [1.54, 1.807) is 0 Å². The smallest absolute Gasteiger partial charge is 0.407 e. The Morgan fingerprint density at radius 3 is 2.32 bits per heavy atom. The summed E-state index contributed by atoms with van der Waals surface area (Å²) in [4.78, 5) is 18.4. The highest BCUT2D eigenvalue weighted by molar-refractivity contribution is 7.80. The van der Waals surface area contributed by atoms with Crippen LogP contribution in [0.15, 0.2) is 5.03 Å². The molecule has 0 aromatic carbocycles. The van der Waals surface area contributed by atoms with E-state index in [1.165, 1.54) is 4.90 Å². The van der Waals surface area contributed by atoms with Crippen LogP contribution >= 0.6 is 12.6 Å². The van der Waals surface area contributed by atoms with Crippen molar-refractivity contribution in [1.29, 1.82) is 10.5 Å². The molecular weight excluding hydrogens is 302 g/mol. The molecule has 0 spiro atoms. The molecular formula is C14H15N5O2S. The van der Waals surface area contributed by atoms with Gasteiger partial charge >= 0.3 is 6.09 Å². The van der Waals surface area contributed by atoms with E-state index >= 15 is 0 Å². The summed E-state index contributed by atoms with van der Waals surface area (Å²) in [7, 11) is 0. The number of thiol groups is 1. The van der Waals surface area contributed by atoms with Gasteiger partial charge in [-0.05, 0) is 12.0 Å². The average Bonchev–Trinajstić information content (AvgIpc) is 2.53. The Morgan fingerprint density at radius 2 is 1.86 bits per heavy atom. The first-order valence-corrected chi connectivity index (χ1v) is 7.27. The van der Waals surface area contributed by atoms with Crippen molar-refractivity contribution in [3.63, 3.8) is 0 Å². The number of carbonyl (C=O) groups is 1. The largest absolute Gasteiger partial charge is 0.465 e. The molecule has 0 aliphatic carbocycles. The predicted octanol–water partition coefficient (Wildman–Crippen LogP) is 1.48. The van der Waals surface area contributed by atoms with Crippen LogP contribution in [0.2, 0.25) is 0 Å². The second-order valence-corrected chi connectivity index (χ2v) is 5.25. The minimum Gasteiger partial charge on any atom is -0.465 e. The quantitative estimate of drug-likeness (QED) is 0.801. The van der Waals surface area contributed by atoms with Crippen LogP contribution in [-0.2, 0) is 6.42 Å². The van der Waals surface area contributed by atoms with Crippen molar-refractivity contribution in [1.82, 2.24) is 9.88 Å². The van der Waals surface area contributed by atoms with Crippen LogP contribution in [0, 0.1) is 22.7 Å². The molecule has 1 N–H and O–H groups in total. The second-order valence-electron chi connectivity index (χ2n) is 4.82. The minimum absolute atomic E-state index is 0.300. The highest BCUT2D eigenvalue weighted by atomic mass is 32.1. The molecule has 0 atom stereocenters. The molecule has 1 aliphatic heterocycles. The van der Waals surface area contributed by atoms with Crippen molar-refractivity contribution in [2.24, 2.45) is 0 Å². The number of nitriles is 2. The monoisotopic (exact) mass is 317 g/mol. The SMILES string of the molecule is CCc1c(C#N)c(S)nc(N2CCN(C(=O)O)CC2)c1C#N. The first-order valence-electron chi connectivity index (χ1n) is 6.82. The van der Waals surface area contributed by atoms with Crippen molar-refractivity contribution < 1.29 is 9.90 Å². The van der Waals surface area contributed by atoms with Gasteiger partial charge in [-0.3, -0.25) is 0 Å². The molecule has 8 heteroatoms. The van der Waals surface area contributed by atoms with Gasteiger partial charge in [0.1, 0.15) is 23.0 Å². The van der Waals surface area contributed by atoms with Crippen molar-refractivity contribution in [2.45, 2.75) is 18.4 Å². The molecule has 7 nitrogen and oxygen atoms in total. The molecule has 1 aromatic heterocycles. The summed E-state index contributed by atoms with van der Waals surface area (Å²) in [5.41, 5.74) is 1.34. The molecule has 22 heavy (non-hydrogen) atoms. The Balaban J connectivity index is 2.41. The van der Waals surface area contributed by atoms with Gasteiger partial charge in [0.15, 0.2) is 0 Å². The van der Waals surface area contributed by atoms with E-state index in [-0.39, 0.29) is 0 Å². The summed E-state index contributed by atoms with van der Waals surface area (Å²) < 4.78 is 0. The number of aromatic nitrogens is 1. The van der Waals surface area contributed by atoms with Gasteiger partial charge in [0, 0.05) is 26.2 Å². The molecule has 0 unspecified atom stereocenters. The van der Waals surface area contributed by atoms with Crippen molar-refractivity contribution in [3.05, 3.63) is 16.7 Å². The van der Waals surface area contributed by atoms with E-state index in [4.69, 9.17) is 5.11 Å². The van der Waals surface area contributed by atoms with Crippen LogP contribution in [0.25, 0.3) is 0 Å². The number of piperazine rings is 1. The third-order valence-corrected chi connectivity index (χ3v) is 4.01. The fraction of sp³-hybridized carbons (Fsp3) is 0.429. The fourth-order valence-electron chi connectivity index (χ4n) is 2.53. The molecule has 1 amide bonds. The average molecular weight is 317 g/mol. The van der Waals surface area contributed by atoms with Gasteiger partial charge in [0.2, 0.25) is 0 Å². The lowest BCUT2D eigenvalue weighted by Gasteiger charge is -2.34. The molecule has 2 rings (SSSR count).